The molecule has 26 heavy (non-hydrogen) atoms. The Morgan fingerprint density at radius 3 is 2.38 bits per heavy atom. The minimum absolute atomic E-state index is 0.472. The van der Waals surface area contributed by atoms with Gasteiger partial charge in [-0.25, -0.2) is 0 Å². The normalized spacial score (nSPS) is 18.7. The summed E-state index contributed by atoms with van der Waals surface area (Å²) in [5, 5.41) is 0. The summed E-state index contributed by atoms with van der Waals surface area (Å²) in [6.07, 6.45) is 9.99. The van der Waals surface area contributed by atoms with E-state index in [1.54, 1.807) is 0 Å². The molecule has 0 heterocycles. The first-order chi connectivity index (χ1) is 12.5. The lowest BCUT2D eigenvalue weighted by Gasteiger charge is -2.20. The third kappa shape index (κ3) is 3.92. The van der Waals surface area contributed by atoms with E-state index in [1.807, 2.05) is 7.05 Å². The highest BCUT2D eigenvalue weighted by molar-refractivity contribution is 5.58. The van der Waals surface area contributed by atoms with E-state index in [4.69, 9.17) is 0 Å². The van der Waals surface area contributed by atoms with Crippen LogP contribution in [-0.2, 0) is 12.8 Å². The van der Waals surface area contributed by atoms with Crippen molar-refractivity contribution in [1.29, 1.82) is 0 Å². The molecule has 0 bridgehead atoms. The predicted molar refractivity (Wildman–Crippen MR) is 112 cm³/mol. The Balaban J connectivity index is 1.96. The molecular weight excluding hydrogens is 316 g/mol. The second kappa shape index (κ2) is 8.20. The molecule has 2 heteroatoms. The Morgan fingerprint density at radius 2 is 1.69 bits per heavy atom. The van der Waals surface area contributed by atoms with Gasteiger partial charge in [-0.3, -0.25) is 10.9 Å². The Kier molecular flexibility index (Phi) is 5.95. The van der Waals surface area contributed by atoms with Crippen molar-refractivity contribution < 1.29 is 0 Å². The third-order valence-electron chi connectivity index (χ3n) is 5.72. The molecule has 1 aromatic carbocycles. The number of benzene rings is 1. The molecule has 0 aromatic heterocycles. The summed E-state index contributed by atoms with van der Waals surface area (Å²) in [4.78, 5) is 0. The van der Waals surface area contributed by atoms with Crippen LogP contribution in [0.25, 0.3) is 0 Å². The van der Waals surface area contributed by atoms with Crippen molar-refractivity contribution in [2.24, 2.45) is 0 Å². The van der Waals surface area contributed by atoms with Crippen LogP contribution in [0.2, 0.25) is 0 Å². The van der Waals surface area contributed by atoms with Crippen LogP contribution in [0.1, 0.15) is 54.4 Å². The number of aryl methyl sites for hydroxylation is 2. The molecule has 0 saturated carbocycles. The largest absolute Gasteiger partial charge is 0.261 e. The number of hydrogen-bond donors (Lipinski definition) is 2. The van der Waals surface area contributed by atoms with E-state index in [9.17, 15) is 0 Å². The average Bonchev–Trinajstić information content (AvgIpc) is 2.68. The zero-order valence-electron chi connectivity index (χ0n) is 16.5. The third-order valence-corrected chi connectivity index (χ3v) is 5.72. The topological polar surface area (TPSA) is 24.1 Å². The Morgan fingerprint density at radius 1 is 1.00 bits per heavy atom. The molecule has 0 spiro atoms. The van der Waals surface area contributed by atoms with Crippen LogP contribution < -0.4 is 10.9 Å². The van der Waals surface area contributed by atoms with Gasteiger partial charge < -0.3 is 0 Å². The highest BCUT2D eigenvalue weighted by Gasteiger charge is 2.20. The fraction of sp³-hybridized carbons (Fsp3) is 0.417. The standard InChI is InChI=1S/C24H32N2/c1-16-10-11-20-14-24(19(4)15-26-25-5)18(3)13-21(20)12-17(2)23-9-7-6-8-22(16)23/h8-9,13-14,19,25-26H,1-2,6-7,10-12,15H2,3-5H3. The molecule has 2 nitrogen and oxygen atoms in total. The van der Waals surface area contributed by atoms with Gasteiger partial charge in [0.25, 0.3) is 0 Å². The van der Waals surface area contributed by atoms with Crippen molar-refractivity contribution in [2.75, 3.05) is 13.6 Å². The summed E-state index contributed by atoms with van der Waals surface area (Å²) in [5.41, 5.74) is 17.2. The van der Waals surface area contributed by atoms with Crippen molar-refractivity contribution >= 4 is 0 Å². The van der Waals surface area contributed by atoms with Gasteiger partial charge in [0, 0.05) is 6.54 Å². The van der Waals surface area contributed by atoms with Crippen LogP contribution in [0.15, 0.2) is 59.7 Å². The second-order valence-corrected chi connectivity index (χ2v) is 7.71. The van der Waals surface area contributed by atoms with Gasteiger partial charge in [-0.1, -0.05) is 44.4 Å². The Bertz CT molecular complexity index is 780. The monoisotopic (exact) mass is 348 g/mol. The van der Waals surface area contributed by atoms with Gasteiger partial charge in [-0.2, -0.15) is 0 Å². The molecule has 2 aliphatic rings. The molecule has 1 atom stereocenters. The quantitative estimate of drug-likeness (QED) is 0.742. The zero-order chi connectivity index (χ0) is 18.7. The lowest BCUT2D eigenvalue weighted by Crippen LogP contribution is -2.31. The van der Waals surface area contributed by atoms with Gasteiger partial charge in [-0.05, 0) is 96.5 Å². The Labute approximate surface area is 158 Å². The number of hydrazine groups is 1. The second-order valence-electron chi connectivity index (χ2n) is 7.71. The van der Waals surface area contributed by atoms with Crippen molar-refractivity contribution in [3.8, 4) is 0 Å². The van der Waals surface area contributed by atoms with E-state index in [1.165, 1.54) is 44.5 Å². The molecule has 3 rings (SSSR count). The first-order valence-corrected chi connectivity index (χ1v) is 9.80. The minimum atomic E-state index is 0.472. The lowest BCUT2D eigenvalue weighted by atomic mass is 9.85. The molecule has 0 radical (unpaired) electrons. The van der Waals surface area contributed by atoms with E-state index in [0.717, 1.165) is 38.6 Å². The van der Waals surface area contributed by atoms with Crippen molar-refractivity contribution in [3.63, 3.8) is 0 Å². The summed E-state index contributed by atoms with van der Waals surface area (Å²) >= 11 is 0. The fourth-order valence-corrected chi connectivity index (χ4v) is 4.22. The maximum Gasteiger partial charge on any atom is 0.0166 e. The van der Waals surface area contributed by atoms with E-state index in [2.05, 4.69) is 62.1 Å². The molecule has 0 amide bonds. The molecule has 1 unspecified atom stereocenters. The maximum atomic E-state index is 4.43. The molecular formula is C24H32N2. The van der Waals surface area contributed by atoms with Crippen LogP contribution in [0.5, 0.6) is 0 Å². The predicted octanol–water partition coefficient (Wildman–Crippen LogP) is 5.07. The summed E-state index contributed by atoms with van der Waals surface area (Å²) in [7, 11) is 1.92. The van der Waals surface area contributed by atoms with Gasteiger partial charge in [0.1, 0.15) is 0 Å². The minimum Gasteiger partial charge on any atom is -0.261 e. The van der Waals surface area contributed by atoms with Gasteiger partial charge in [0.2, 0.25) is 0 Å². The van der Waals surface area contributed by atoms with Crippen molar-refractivity contribution in [1.82, 2.24) is 10.9 Å². The number of hydrogen-bond acceptors (Lipinski definition) is 2. The Hall–Kier alpha value is -1.90. The smallest absolute Gasteiger partial charge is 0.0166 e. The molecule has 2 N–H and O–H groups in total. The summed E-state index contributed by atoms with van der Waals surface area (Å²) < 4.78 is 0. The molecule has 0 fully saturated rings. The maximum absolute atomic E-state index is 4.43. The SMILES string of the molecule is C=C1CCc2cc(C(C)CNNC)c(C)cc2CC(=C)C2=CCCC=C12. The van der Waals surface area contributed by atoms with E-state index in [-0.39, 0.29) is 0 Å². The number of allylic oxidation sites excluding steroid dienone is 6. The van der Waals surface area contributed by atoms with Gasteiger partial charge >= 0.3 is 0 Å². The van der Waals surface area contributed by atoms with E-state index in [0.29, 0.717) is 5.92 Å². The zero-order valence-corrected chi connectivity index (χ0v) is 16.5. The van der Waals surface area contributed by atoms with Gasteiger partial charge in [-0.15, -0.1) is 0 Å². The molecule has 0 aliphatic heterocycles. The molecule has 1 aromatic rings. The van der Waals surface area contributed by atoms with Crippen molar-refractivity contribution in [3.05, 3.63) is 82.0 Å². The summed E-state index contributed by atoms with van der Waals surface area (Å²) in [6.45, 7) is 14.3. The van der Waals surface area contributed by atoms with Crippen LogP contribution >= 0.6 is 0 Å². The number of fused-ring (bicyclic) bond motifs is 2. The van der Waals surface area contributed by atoms with Gasteiger partial charge in [0.15, 0.2) is 0 Å². The average molecular weight is 349 g/mol. The van der Waals surface area contributed by atoms with E-state index >= 15 is 0 Å². The van der Waals surface area contributed by atoms with Crippen LogP contribution in [0.3, 0.4) is 0 Å². The first-order valence-electron chi connectivity index (χ1n) is 9.80. The van der Waals surface area contributed by atoms with Crippen molar-refractivity contribution in [2.45, 2.75) is 51.9 Å². The van der Waals surface area contributed by atoms with Gasteiger partial charge in [0.05, 0.1) is 0 Å². The number of nitrogens with one attached hydrogen (secondary N) is 2. The highest BCUT2D eigenvalue weighted by Crippen LogP contribution is 2.36. The molecule has 2 aliphatic carbocycles. The molecule has 0 saturated heterocycles. The van der Waals surface area contributed by atoms with Crippen LogP contribution in [-0.4, -0.2) is 13.6 Å². The fourth-order valence-electron chi connectivity index (χ4n) is 4.22. The van der Waals surface area contributed by atoms with Crippen LogP contribution in [0, 0.1) is 6.92 Å². The van der Waals surface area contributed by atoms with E-state index < -0.39 is 0 Å². The lowest BCUT2D eigenvalue weighted by molar-refractivity contribution is 0.549. The molecule has 138 valence electrons. The first kappa shape index (κ1) is 18.9. The summed E-state index contributed by atoms with van der Waals surface area (Å²) in [5.74, 6) is 0.472. The summed E-state index contributed by atoms with van der Waals surface area (Å²) in [6, 6.07) is 4.83. The number of rotatable bonds is 4. The highest BCUT2D eigenvalue weighted by atomic mass is 15.3. The van der Waals surface area contributed by atoms with Crippen LogP contribution in [0.4, 0.5) is 0 Å².